The van der Waals surface area contributed by atoms with Gasteiger partial charge >= 0.3 is 0 Å². The molecule has 0 heterocycles. The van der Waals surface area contributed by atoms with Crippen molar-refractivity contribution in [3.05, 3.63) is 28.8 Å². The van der Waals surface area contributed by atoms with Crippen LogP contribution in [0.25, 0.3) is 0 Å². The van der Waals surface area contributed by atoms with Gasteiger partial charge in [-0.25, -0.2) is 13.6 Å². The van der Waals surface area contributed by atoms with Crippen LogP contribution in [0.15, 0.2) is 18.2 Å². The molecule has 2 N–H and O–H groups in total. The summed E-state index contributed by atoms with van der Waals surface area (Å²) in [6, 6.07) is 5.42. The molecule has 1 aromatic rings. The Hall–Kier alpha value is -0.780. The molecule has 1 aromatic carbocycles. The number of hydrogen-bond donors (Lipinski definition) is 1. The second-order valence-electron chi connectivity index (χ2n) is 3.50. The molecule has 0 radical (unpaired) electrons. The van der Waals surface area contributed by atoms with E-state index in [9.17, 15) is 8.42 Å². The predicted octanol–water partition coefficient (Wildman–Crippen LogP) is 1.71. The van der Waals surface area contributed by atoms with Crippen molar-refractivity contribution in [2.75, 3.05) is 12.4 Å². The van der Waals surface area contributed by atoms with Gasteiger partial charge in [-0.05, 0) is 31.0 Å². The molecule has 0 aliphatic carbocycles. The summed E-state index contributed by atoms with van der Waals surface area (Å²) < 4.78 is 26.7. The number of hydrogen-bond acceptors (Lipinski definition) is 3. The van der Waals surface area contributed by atoms with Gasteiger partial charge in [0.05, 0.1) is 17.4 Å². The van der Waals surface area contributed by atoms with Crippen LogP contribution in [0.3, 0.4) is 0 Å². The highest BCUT2D eigenvalue weighted by Gasteiger charge is 2.04. The van der Waals surface area contributed by atoms with Crippen molar-refractivity contribution in [1.82, 2.24) is 0 Å². The second-order valence-corrected chi connectivity index (χ2v) is 5.64. The average molecular weight is 264 g/mol. The van der Waals surface area contributed by atoms with Crippen LogP contribution in [-0.2, 0) is 10.0 Å². The van der Waals surface area contributed by atoms with Crippen LogP contribution in [0.1, 0.15) is 12.0 Å². The fourth-order valence-electron chi connectivity index (χ4n) is 1.16. The number of ether oxygens (including phenoxy) is 1. The summed E-state index contributed by atoms with van der Waals surface area (Å²) in [5, 5.41) is 5.37. The number of halogens is 1. The zero-order valence-electron chi connectivity index (χ0n) is 8.94. The topological polar surface area (TPSA) is 69.4 Å². The van der Waals surface area contributed by atoms with Crippen molar-refractivity contribution in [2.45, 2.75) is 13.3 Å². The summed E-state index contributed by atoms with van der Waals surface area (Å²) in [6.07, 6.45) is 0.350. The van der Waals surface area contributed by atoms with Gasteiger partial charge in [-0.2, -0.15) is 0 Å². The van der Waals surface area contributed by atoms with Gasteiger partial charge < -0.3 is 4.74 Å². The van der Waals surface area contributed by atoms with Gasteiger partial charge in [0.15, 0.2) is 0 Å². The summed E-state index contributed by atoms with van der Waals surface area (Å²) in [4.78, 5) is 0. The smallest absolute Gasteiger partial charge is 0.209 e. The van der Waals surface area contributed by atoms with E-state index < -0.39 is 10.0 Å². The normalized spacial score (nSPS) is 11.4. The Morgan fingerprint density at radius 1 is 1.44 bits per heavy atom. The fourth-order valence-corrected chi connectivity index (χ4v) is 1.86. The molecule has 1 rings (SSSR count). The average Bonchev–Trinajstić information content (AvgIpc) is 2.16. The Balaban J connectivity index is 2.46. The first-order chi connectivity index (χ1) is 7.38. The molecule has 6 heteroatoms. The van der Waals surface area contributed by atoms with Crippen LogP contribution in [-0.4, -0.2) is 20.8 Å². The van der Waals surface area contributed by atoms with Gasteiger partial charge in [0.2, 0.25) is 10.0 Å². The Morgan fingerprint density at radius 2 is 2.12 bits per heavy atom. The number of primary sulfonamides is 1. The summed E-state index contributed by atoms with van der Waals surface area (Å²) in [6.45, 7) is 2.20. The molecule has 4 nitrogen and oxygen atoms in total. The van der Waals surface area contributed by atoms with Crippen LogP contribution in [0, 0.1) is 6.92 Å². The molecule has 0 fully saturated rings. The van der Waals surface area contributed by atoms with Gasteiger partial charge in [0, 0.05) is 0 Å². The molecule has 0 unspecified atom stereocenters. The number of aryl methyl sites for hydroxylation is 1. The number of sulfonamides is 1. The molecule has 0 aliphatic heterocycles. The zero-order valence-corrected chi connectivity index (χ0v) is 10.5. The maximum absolute atomic E-state index is 10.7. The number of benzene rings is 1. The molecule has 0 atom stereocenters. The van der Waals surface area contributed by atoms with Gasteiger partial charge in [-0.1, -0.05) is 17.7 Å². The van der Waals surface area contributed by atoms with Crippen LogP contribution in [0.4, 0.5) is 0 Å². The molecule has 0 saturated carbocycles. The van der Waals surface area contributed by atoms with Crippen molar-refractivity contribution >= 4 is 21.6 Å². The molecule has 0 bridgehead atoms. The van der Waals surface area contributed by atoms with Crippen molar-refractivity contribution in [3.63, 3.8) is 0 Å². The minimum Gasteiger partial charge on any atom is -0.492 e. The van der Waals surface area contributed by atoms with Crippen molar-refractivity contribution in [2.24, 2.45) is 5.14 Å². The van der Waals surface area contributed by atoms with Gasteiger partial charge in [-0.3, -0.25) is 0 Å². The standard InChI is InChI=1S/C10H14ClNO3S/c1-8-3-4-9(11)10(7-8)15-5-2-6-16(12,13)14/h3-4,7H,2,5-6H2,1H3,(H2,12,13,14). The zero-order chi connectivity index (χ0) is 12.2. The van der Waals surface area contributed by atoms with Gasteiger partial charge in [-0.15, -0.1) is 0 Å². The highest BCUT2D eigenvalue weighted by molar-refractivity contribution is 7.89. The molecule has 0 amide bonds. The summed E-state index contributed by atoms with van der Waals surface area (Å²) >= 11 is 5.90. The van der Waals surface area contributed by atoms with E-state index in [1.54, 1.807) is 12.1 Å². The third-order valence-corrected chi connectivity index (χ3v) is 3.09. The number of nitrogens with two attached hydrogens (primary N) is 1. The van der Waals surface area contributed by atoms with Crippen molar-refractivity contribution in [3.8, 4) is 5.75 Å². The van der Waals surface area contributed by atoms with Crippen LogP contribution in [0.5, 0.6) is 5.75 Å². The first-order valence-corrected chi connectivity index (χ1v) is 6.87. The molecule has 16 heavy (non-hydrogen) atoms. The summed E-state index contributed by atoms with van der Waals surface area (Å²) in [5.41, 5.74) is 1.03. The fraction of sp³-hybridized carbons (Fsp3) is 0.400. The van der Waals surface area contributed by atoms with E-state index in [0.717, 1.165) is 5.56 Å². The quantitative estimate of drug-likeness (QED) is 0.822. The maximum Gasteiger partial charge on any atom is 0.209 e. The Bertz CT molecular complexity index is 459. The third kappa shape index (κ3) is 4.83. The monoisotopic (exact) mass is 263 g/mol. The lowest BCUT2D eigenvalue weighted by Gasteiger charge is -2.08. The van der Waals surface area contributed by atoms with E-state index in [-0.39, 0.29) is 12.4 Å². The molecule has 0 aliphatic rings. The van der Waals surface area contributed by atoms with Crippen LogP contribution >= 0.6 is 11.6 Å². The molecular formula is C10H14ClNO3S. The SMILES string of the molecule is Cc1ccc(Cl)c(OCCCS(N)(=O)=O)c1. The maximum atomic E-state index is 10.7. The molecule has 0 aromatic heterocycles. The van der Waals surface area contributed by atoms with Crippen molar-refractivity contribution < 1.29 is 13.2 Å². The Kier molecular flexibility index (Phi) is 4.58. The highest BCUT2D eigenvalue weighted by Crippen LogP contribution is 2.25. The van der Waals surface area contributed by atoms with E-state index >= 15 is 0 Å². The van der Waals surface area contributed by atoms with E-state index in [1.165, 1.54) is 0 Å². The molecule has 0 saturated heterocycles. The number of rotatable bonds is 5. The minimum absolute atomic E-state index is 0.0869. The van der Waals surface area contributed by atoms with Crippen LogP contribution in [0.2, 0.25) is 5.02 Å². The molecule has 0 spiro atoms. The van der Waals surface area contributed by atoms with E-state index in [2.05, 4.69) is 0 Å². The van der Waals surface area contributed by atoms with Crippen LogP contribution < -0.4 is 9.88 Å². The third-order valence-electron chi connectivity index (χ3n) is 1.92. The molecule has 90 valence electrons. The summed E-state index contributed by atoms with van der Waals surface area (Å²) in [5.74, 6) is 0.479. The van der Waals surface area contributed by atoms with Gasteiger partial charge in [0.1, 0.15) is 5.75 Å². The van der Waals surface area contributed by atoms with Gasteiger partial charge in [0.25, 0.3) is 0 Å². The lowest BCUT2D eigenvalue weighted by molar-refractivity contribution is 0.317. The summed E-state index contributed by atoms with van der Waals surface area (Å²) in [7, 11) is -3.41. The molecular weight excluding hydrogens is 250 g/mol. The largest absolute Gasteiger partial charge is 0.492 e. The Labute approximate surface area is 100 Å². The van der Waals surface area contributed by atoms with E-state index in [4.69, 9.17) is 21.5 Å². The minimum atomic E-state index is -3.41. The first kappa shape index (κ1) is 13.3. The lowest BCUT2D eigenvalue weighted by Crippen LogP contribution is -2.18. The first-order valence-electron chi connectivity index (χ1n) is 4.78. The van der Waals surface area contributed by atoms with E-state index in [1.807, 2.05) is 13.0 Å². The lowest BCUT2D eigenvalue weighted by atomic mass is 10.2. The predicted molar refractivity (Wildman–Crippen MR) is 64.3 cm³/mol. The highest BCUT2D eigenvalue weighted by atomic mass is 35.5. The van der Waals surface area contributed by atoms with Crippen molar-refractivity contribution in [1.29, 1.82) is 0 Å². The second kappa shape index (κ2) is 5.52. The van der Waals surface area contributed by atoms with E-state index in [0.29, 0.717) is 17.2 Å². The Morgan fingerprint density at radius 3 is 2.75 bits per heavy atom.